The molecule has 1 aliphatic heterocycles. The average molecular weight is 498 g/mol. The first-order chi connectivity index (χ1) is 15.1. The van der Waals surface area contributed by atoms with Gasteiger partial charge in [0.1, 0.15) is 5.75 Å². The third-order valence-corrected chi connectivity index (χ3v) is 6.76. The van der Waals surface area contributed by atoms with E-state index in [0.717, 1.165) is 24.5 Å². The first-order valence-corrected chi connectivity index (χ1v) is 11.4. The molecule has 2 aliphatic rings. The largest absolute Gasteiger partial charge is 0.483 e. The maximum absolute atomic E-state index is 13.1. The molecule has 0 spiro atoms. The van der Waals surface area contributed by atoms with E-state index >= 15 is 0 Å². The Morgan fingerprint density at radius 2 is 1.97 bits per heavy atom. The Morgan fingerprint density at radius 1 is 1.27 bits per heavy atom. The minimum absolute atomic E-state index is 0.0872. The van der Waals surface area contributed by atoms with Crippen LogP contribution < -0.4 is 4.74 Å². The summed E-state index contributed by atoms with van der Waals surface area (Å²) in [6.45, 7) is -1.70. The number of hydrogen-bond donors (Lipinski definition) is 0. The molecule has 2 atom stereocenters. The van der Waals surface area contributed by atoms with Gasteiger partial charge in [-0.25, -0.2) is 13.4 Å². The highest BCUT2D eigenvalue weighted by Gasteiger charge is 2.65. The van der Waals surface area contributed by atoms with Crippen molar-refractivity contribution in [3.05, 3.63) is 41.6 Å². The molecule has 7 nitrogen and oxygen atoms in total. The summed E-state index contributed by atoms with van der Waals surface area (Å²) in [6, 6.07) is 2.91. The van der Waals surface area contributed by atoms with Gasteiger partial charge in [-0.15, -0.1) is 0 Å². The van der Waals surface area contributed by atoms with Crippen molar-refractivity contribution in [3.63, 3.8) is 0 Å². The molecule has 2 unspecified atom stereocenters. The van der Waals surface area contributed by atoms with Crippen LogP contribution >= 0.6 is 0 Å². The molecular formula is C19H16F6N2O5S. The van der Waals surface area contributed by atoms with Gasteiger partial charge in [0.2, 0.25) is 11.7 Å². The number of amides is 1. The lowest BCUT2D eigenvalue weighted by atomic mass is 10.1. The predicted molar refractivity (Wildman–Crippen MR) is 98.3 cm³/mol. The Hall–Kier alpha value is -2.77. The number of rotatable bonds is 5. The van der Waals surface area contributed by atoms with Crippen molar-refractivity contribution in [2.24, 2.45) is 5.92 Å². The van der Waals surface area contributed by atoms with Gasteiger partial charge in [0.15, 0.2) is 16.4 Å². The highest BCUT2D eigenvalue weighted by Crippen LogP contribution is 2.59. The van der Waals surface area contributed by atoms with E-state index in [-0.39, 0.29) is 29.8 Å². The van der Waals surface area contributed by atoms with E-state index in [4.69, 9.17) is 9.15 Å². The van der Waals surface area contributed by atoms with Crippen molar-refractivity contribution in [1.82, 2.24) is 9.88 Å². The van der Waals surface area contributed by atoms with Crippen LogP contribution in [0.15, 0.2) is 33.7 Å². The molecule has 1 saturated carbocycles. The second kappa shape index (κ2) is 7.37. The standard InChI is InChI=1S/C19H16F6N2O5S/c1-33(29,30)11-2-3-13(31-9-18(20,21)22)12(4-11)15(28)27-7-10-5-17(10,8-27)16-26-6-14(32-16)19(23,24)25/h2-4,6,10H,5,7-9H2,1H3. The van der Waals surface area contributed by atoms with E-state index in [1.807, 2.05) is 0 Å². The van der Waals surface area contributed by atoms with E-state index in [0.29, 0.717) is 12.6 Å². The summed E-state index contributed by atoms with van der Waals surface area (Å²) in [5.74, 6) is -2.97. The van der Waals surface area contributed by atoms with Gasteiger partial charge in [-0.1, -0.05) is 0 Å². The summed E-state index contributed by atoms with van der Waals surface area (Å²) in [7, 11) is -3.79. The predicted octanol–water partition coefficient (Wildman–Crippen LogP) is 3.45. The second-order valence-corrected chi connectivity index (χ2v) is 10.1. The number of sulfone groups is 1. The molecule has 4 rings (SSSR count). The molecule has 2 heterocycles. The van der Waals surface area contributed by atoms with Gasteiger partial charge in [0, 0.05) is 19.3 Å². The molecule has 1 saturated heterocycles. The third kappa shape index (κ3) is 4.52. The molecule has 14 heteroatoms. The van der Waals surface area contributed by atoms with E-state index in [2.05, 4.69) is 4.98 Å². The topological polar surface area (TPSA) is 89.7 Å². The van der Waals surface area contributed by atoms with E-state index in [9.17, 15) is 39.6 Å². The number of benzene rings is 1. The van der Waals surface area contributed by atoms with Crippen LogP contribution in [0.25, 0.3) is 0 Å². The first-order valence-electron chi connectivity index (χ1n) is 9.47. The molecule has 2 aromatic rings. The van der Waals surface area contributed by atoms with Gasteiger partial charge in [-0.2, -0.15) is 26.3 Å². The van der Waals surface area contributed by atoms with Gasteiger partial charge in [0.25, 0.3) is 5.91 Å². The number of fused-ring (bicyclic) bond motifs is 1. The van der Waals surface area contributed by atoms with Crippen LogP contribution in [0.3, 0.4) is 0 Å². The van der Waals surface area contributed by atoms with E-state index in [1.54, 1.807) is 0 Å². The molecule has 1 aliphatic carbocycles. The lowest BCUT2D eigenvalue weighted by molar-refractivity contribution is -0.154. The van der Waals surface area contributed by atoms with Crippen LogP contribution in [0.5, 0.6) is 5.75 Å². The van der Waals surface area contributed by atoms with Crippen LogP contribution in [0.4, 0.5) is 26.3 Å². The van der Waals surface area contributed by atoms with Crippen LogP contribution in [-0.2, 0) is 21.4 Å². The summed E-state index contributed by atoms with van der Waals surface area (Å²) in [5, 5.41) is 0. The fourth-order valence-electron chi connectivity index (χ4n) is 3.97. The third-order valence-electron chi connectivity index (χ3n) is 5.64. The van der Waals surface area contributed by atoms with Crippen molar-refractivity contribution in [1.29, 1.82) is 0 Å². The highest BCUT2D eigenvalue weighted by molar-refractivity contribution is 7.90. The number of halogens is 6. The van der Waals surface area contributed by atoms with Gasteiger partial charge in [0.05, 0.1) is 22.1 Å². The van der Waals surface area contributed by atoms with Crippen molar-refractivity contribution < 1.29 is 48.7 Å². The number of alkyl halides is 6. The number of likely N-dealkylation sites (tertiary alicyclic amines) is 1. The number of piperidine rings is 1. The maximum Gasteiger partial charge on any atom is 0.451 e. The minimum Gasteiger partial charge on any atom is -0.483 e. The Labute approximate surface area is 183 Å². The molecule has 1 amide bonds. The molecule has 0 bridgehead atoms. The molecule has 180 valence electrons. The minimum atomic E-state index is -4.73. The zero-order valence-corrected chi connectivity index (χ0v) is 17.6. The van der Waals surface area contributed by atoms with Gasteiger partial charge < -0.3 is 14.1 Å². The van der Waals surface area contributed by atoms with Crippen LogP contribution in [-0.4, -0.2) is 56.3 Å². The summed E-state index contributed by atoms with van der Waals surface area (Å²) >= 11 is 0. The highest BCUT2D eigenvalue weighted by atomic mass is 32.2. The Kier molecular flexibility index (Phi) is 5.22. The Bertz CT molecular complexity index is 1210. The van der Waals surface area contributed by atoms with Crippen molar-refractivity contribution in [3.8, 4) is 5.75 Å². The fourth-order valence-corrected chi connectivity index (χ4v) is 4.61. The number of oxazole rings is 1. The zero-order valence-electron chi connectivity index (χ0n) is 16.8. The monoisotopic (exact) mass is 498 g/mol. The van der Waals surface area contributed by atoms with Crippen LogP contribution in [0.1, 0.15) is 28.4 Å². The summed E-state index contributed by atoms with van der Waals surface area (Å²) in [5.41, 5.74) is -1.33. The molecule has 1 aromatic heterocycles. The Balaban J connectivity index is 1.61. The normalized spacial score (nSPS) is 22.9. The SMILES string of the molecule is CS(=O)(=O)c1ccc(OCC(F)(F)F)c(C(=O)N2CC3CC3(c3ncc(C(F)(F)F)o3)C2)c1. The molecule has 0 N–H and O–H groups in total. The summed E-state index contributed by atoms with van der Waals surface area (Å²) in [4.78, 5) is 17.7. The molecular weight excluding hydrogens is 482 g/mol. The number of aromatic nitrogens is 1. The van der Waals surface area contributed by atoms with Crippen molar-refractivity contribution in [2.75, 3.05) is 26.0 Å². The average Bonchev–Trinajstić information content (AvgIpc) is 3.07. The first kappa shape index (κ1) is 23.4. The molecule has 2 fully saturated rings. The van der Waals surface area contributed by atoms with E-state index in [1.165, 1.54) is 4.90 Å². The van der Waals surface area contributed by atoms with Gasteiger partial charge in [-0.3, -0.25) is 4.79 Å². The quantitative estimate of drug-likeness (QED) is 0.587. The summed E-state index contributed by atoms with van der Waals surface area (Å²) in [6.07, 6.45) is -7.57. The lowest BCUT2D eigenvalue weighted by Gasteiger charge is -2.22. The number of ether oxygens (including phenoxy) is 1. The fraction of sp³-hybridized carbons (Fsp3) is 0.474. The smallest absolute Gasteiger partial charge is 0.451 e. The number of carbonyl (C=O) groups excluding carboxylic acids is 1. The van der Waals surface area contributed by atoms with Gasteiger partial charge in [-0.05, 0) is 30.5 Å². The molecule has 33 heavy (non-hydrogen) atoms. The van der Waals surface area contributed by atoms with Crippen molar-refractivity contribution >= 4 is 15.7 Å². The van der Waals surface area contributed by atoms with E-state index < -0.39 is 57.2 Å². The Morgan fingerprint density at radius 3 is 2.55 bits per heavy atom. The zero-order chi connectivity index (χ0) is 24.4. The second-order valence-electron chi connectivity index (χ2n) is 8.10. The van der Waals surface area contributed by atoms with Gasteiger partial charge >= 0.3 is 12.4 Å². The van der Waals surface area contributed by atoms with Crippen molar-refractivity contribution in [2.45, 2.75) is 29.1 Å². The number of carbonyl (C=O) groups is 1. The molecule has 1 aromatic carbocycles. The summed E-state index contributed by atoms with van der Waals surface area (Å²) < 4.78 is 110. The lowest BCUT2D eigenvalue weighted by Crippen LogP contribution is -2.33. The van der Waals surface area contributed by atoms with Crippen LogP contribution in [0.2, 0.25) is 0 Å². The maximum atomic E-state index is 13.1. The number of hydrogen-bond acceptors (Lipinski definition) is 6. The number of nitrogens with zero attached hydrogens (tertiary/aromatic N) is 2. The molecule has 0 radical (unpaired) electrons. The van der Waals surface area contributed by atoms with Crippen LogP contribution in [0, 0.1) is 5.92 Å².